The summed E-state index contributed by atoms with van der Waals surface area (Å²) in [5, 5.41) is 6.27. The van der Waals surface area contributed by atoms with Crippen molar-refractivity contribution in [2.75, 3.05) is 32.7 Å². The Morgan fingerprint density at radius 1 is 1.27 bits per heavy atom. The van der Waals surface area contributed by atoms with Crippen LogP contribution in [0.2, 0.25) is 0 Å². The molecule has 164 valence electrons. The predicted molar refractivity (Wildman–Crippen MR) is 132 cm³/mol. The Hall–Kier alpha value is -1.88. The third-order valence-electron chi connectivity index (χ3n) is 4.73. The molecule has 9 heteroatoms. The first kappa shape index (κ1) is 24.4. The first-order chi connectivity index (χ1) is 14.2. The second-order valence-corrected chi connectivity index (χ2v) is 7.73. The standard InChI is InChI=1S/C21H29N5O2S.HI/c1-3-22-21(24-12-11-23-20(27)19-16(2)25-15-29-19)26-13-9-18(10-14-26)28-17-7-5-4-6-8-17;/h4-8,15,18H,3,9-14H2,1-2H3,(H,22,24)(H,23,27);1H. The van der Waals surface area contributed by atoms with Crippen molar-refractivity contribution in [3.8, 4) is 5.75 Å². The molecular formula is C21H30IN5O2S. The monoisotopic (exact) mass is 543 g/mol. The highest BCUT2D eigenvalue weighted by Crippen LogP contribution is 2.18. The Balaban J connectivity index is 0.00000320. The highest BCUT2D eigenvalue weighted by molar-refractivity contribution is 14.0. The Labute approximate surface area is 199 Å². The number of carbonyl (C=O) groups is 1. The van der Waals surface area contributed by atoms with E-state index < -0.39 is 0 Å². The molecule has 0 atom stereocenters. The molecule has 0 unspecified atom stereocenters. The molecule has 1 aromatic carbocycles. The van der Waals surface area contributed by atoms with Crippen molar-refractivity contribution in [2.24, 2.45) is 4.99 Å². The number of amides is 1. The van der Waals surface area contributed by atoms with Gasteiger partial charge in [0.25, 0.3) is 5.91 Å². The first-order valence-corrected chi connectivity index (χ1v) is 11.0. The lowest BCUT2D eigenvalue weighted by Crippen LogP contribution is -2.47. The van der Waals surface area contributed by atoms with Gasteiger partial charge < -0.3 is 20.3 Å². The van der Waals surface area contributed by atoms with Gasteiger partial charge >= 0.3 is 0 Å². The van der Waals surface area contributed by atoms with Crippen LogP contribution in [-0.4, -0.2) is 60.6 Å². The lowest BCUT2D eigenvalue weighted by molar-refractivity contribution is 0.0958. The van der Waals surface area contributed by atoms with Crippen LogP contribution in [0.3, 0.4) is 0 Å². The number of para-hydroxylation sites is 1. The predicted octanol–water partition coefficient (Wildman–Crippen LogP) is 3.31. The quantitative estimate of drug-likeness (QED) is 0.243. The SMILES string of the molecule is CCNC(=NCCNC(=O)c1scnc1C)N1CCC(Oc2ccccc2)CC1.I. The van der Waals surface area contributed by atoms with E-state index >= 15 is 0 Å². The fourth-order valence-electron chi connectivity index (χ4n) is 3.23. The molecule has 1 aliphatic heterocycles. The highest BCUT2D eigenvalue weighted by Gasteiger charge is 2.22. The zero-order valence-corrected chi connectivity index (χ0v) is 20.6. The molecule has 2 N–H and O–H groups in total. The maximum absolute atomic E-state index is 12.2. The van der Waals surface area contributed by atoms with Crippen LogP contribution in [-0.2, 0) is 0 Å². The largest absolute Gasteiger partial charge is 0.490 e. The number of likely N-dealkylation sites (tertiary alicyclic amines) is 1. The van der Waals surface area contributed by atoms with Gasteiger partial charge in [0.05, 0.1) is 17.7 Å². The van der Waals surface area contributed by atoms with Crippen LogP contribution in [0.4, 0.5) is 0 Å². The van der Waals surface area contributed by atoms with Crippen LogP contribution >= 0.6 is 35.3 Å². The minimum absolute atomic E-state index is 0. The van der Waals surface area contributed by atoms with Crippen LogP contribution < -0.4 is 15.4 Å². The van der Waals surface area contributed by atoms with Gasteiger partial charge in [-0.15, -0.1) is 35.3 Å². The van der Waals surface area contributed by atoms with E-state index in [0.717, 1.165) is 49.9 Å². The summed E-state index contributed by atoms with van der Waals surface area (Å²) in [4.78, 5) is 23.9. The number of aromatic nitrogens is 1. The number of nitrogens with one attached hydrogen (secondary N) is 2. The number of rotatable bonds is 7. The minimum atomic E-state index is -0.0796. The number of nitrogens with zero attached hydrogens (tertiary/aromatic N) is 3. The number of hydrogen-bond donors (Lipinski definition) is 2. The molecule has 3 rings (SSSR count). The van der Waals surface area contributed by atoms with Gasteiger partial charge in [-0.3, -0.25) is 9.79 Å². The summed E-state index contributed by atoms with van der Waals surface area (Å²) >= 11 is 1.36. The maximum atomic E-state index is 12.2. The van der Waals surface area contributed by atoms with Crippen LogP contribution in [0.25, 0.3) is 0 Å². The van der Waals surface area contributed by atoms with E-state index in [-0.39, 0.29) is 36.0 Å². The zero-order valence-electron chi connectivity index (χ0n) is 17.5. The number of benzene rings is 1. The lowest BCUT2D eigenvalue weighted by atomic mass is 10.1. The van der Waals surface area contributed by atoms with Crippen LogP contribution in [0.15, 0.2) is 40.8 Å². The number of ether oxygens (including phenoxy) is 1. The van der Waals surface area contributed by atoms with E-state index in [2.05, 4.69) is 32.4 Å². The summed E-state index contributed by atoms with van der Waals surface area (Å²) in [6.07, 6.45) is 2.15. The molecule has 1 aliphatic rings. The molecule has 0 spiro atoms. The first-order valence-electron chi connectivity index (χ1n) is 10.1. The summed E-state index contributed by atoms with van der Waals surface area (Å²) in [5.74, 6) is 1.75. The molecule has 2 aromatic rings. The van der Waals surface area contributed by atoms with Crippen molar-refractivity contribution in [1.29, 1.82) is 0 Å². The molecule has 0 bridgehead atoms. The molecule has 1 saturated heterocycles. The normalized spacial score (nSPS) is 14.7. The molecule has 1 aromatic heterocycles. The van der Waals surface area contributed by atoms with Crippen molar-refractivity contribution in [2.45, 2.75) is 32.8 Å². The minimum Gasteiger partial charge on any atom is -0.490 e. The van der Waals surface area contributed by atoms with Gasteiger partial charge in [0.15, 0.2) is 5.96 Å². The third kappa shape index (κ3) is 7.12. The summed E-state index contributed by atoms with van der Waals surface area (Å²) in [6, 6.07) is 9.99. The van der Waals surface area contributed by atoms with Crippen molar-refractivity contribution >= 4 is 47.2 Å². The van der Waals surface area contributed by atoms with Crippen molar-refractivity contribution < 1.29 is 9.53 Å². The average Bonchev–Trinajstić information content (AvgIpc) is 3.17. The Kier molecular flexibility index (Phi) is 10.4. The van der Waals surface area contributed by atoms with Gasteiger partial charge in [-0.25, -0.2) is 4.98 Å². The number of piperidine rings is 1. The molecule has 0 saturated carbocycles. The second kappa shape index (κ2) is 12.7. The number of thiazole rings is 1. The van der Waals surface area contributed by atoms with Crippen molar-refractivity contribution in [3.05, 3.63) is 46.4 Å². The van der Waals surface area contributed by atoms with Gasteiger partial charge in [-0.2, -0.15) is 0 Å². The molecular weight excluding hydrogens is 513 g/mol. The number of aryl methyl sites for hydroxylation is 1. The molecule has 0 aliphatic carbocycles. The van der Waals surface area contributed by atoms with E-state index in [1.54, 1.807) is 5.51 Å². The van der Waals surface area contributed by atoms with Gasteiger partial charge in [-0.1, -0.05) is 18.2 Å². The molecule has 1 fully saturated rings. The summed E-state index contributed by atoms with van der Waals surface area (Å²) in [5.41, 5.74) is 2.46. The van der Waals surface area contributed by atoms with E-state index in [4.69, 9.17) is 4.74 Å². The van der Waals surface area contributed by atoms with Crippen LogP contribution in [0, 0.1) is 6.92 Å². The van der Waals surface area contributed by atoms with Gasteiger partial charge in [0.1, 0.15) is 16.7 Å². The van der Waals surface area contributed by atoms with E-state index in [1.807, 2.05) is 37.3 Å². The van der Waals surface area contributed by atoms with E-state index in [9.17, 15) is 4.79 Å². The summed E-state index contributed by atoms with van der Waals surface area (Å²) in [7, 11) is 0. The fourth-order valence-corrected chi connectivity index (χ4v) is 3.95. The lowest BCUT2D eigenvalue weighted by Gasteiger charge is -2.34. The number of halogens is 1. The fraction of sp³-hybridized carbons (Fsp3) is 0.476. The Bertz CT molecular complexity index is 807. The second-order valence-electron chi connectivity index (χ2n) is 6.88. The Morgan fingerprint density at radius 3 is 2.63 bits per heavy atom. The maximum Gasteiger partial charge on any atom is 0.263 e. The van der Waals surface area contributed by atoms with Crippen molar-refractivity contribution in [3.63, 3.8) is 0 Å². The van der Waals surface area contributed by atoms with E-state index in [1.165, 1.54) is 11.3 Å². The van der Waals surface area contributed by atoms with Gasteiger partial charge in [-0.05, 0) is 26.0 Å². The number of hydrogen-bond acceptors (Lipinski definition) is 5. The molecule has 0 radical (unpaired) electrons. The van der Waals surface area contributed by atoms with Crippen LogP contribution in [0.1, 0.15) is 35.1 Å². The molecule has 2 heterocycles. The van der Waals surface area contributed by atoms with E-state index in [0.29, 0.717) is 18.0 Å². The smallest absolute Gasteiger partial charge is 0.263 e. The highest BCUT2D eigenvalue weighted by atomic mass is 127. The zero-order chi connectivity index (χ0) is 20.5. The average molecular weight is 543 g/mol. The van der Waals surface area contributed by atoms with Crippen LogP contribution in [0.5, 0.6) is 5.75 Å². The van der Waals surface area contributed by atoms with Gasteiger partial charge in [0, 0.05) is 39.0 Å². The van der Waals surface area contributed by atoms with Gasteiger partial charge in [0.2, 0.25) is 0 Å². The number of guanidine groups is 1. The molecule has 1 amide bonds. The summed E-state index contributed by atoms with van der Waals surface area (Å²) < 4.78 is 6.07. The Morgan fingerprint density at radius 2 is 2.00 bits per heavy atom. The summed E-state index contributed by atoms with van der Waals surface area (Å²) in [6.45, 7) is 7.55. The van der Waals surface area contributed by atoms with Crippen molar-refractivity contribution in [1.82, 2.24) is 20.5 Å². The number of carbonyl (C=O) groups excluding carboxylic acids is 1. The molecule has 30 heavy (non-hydrogen) atoms. The molecule has 7 nitrogen and oxygen atoms in total. The third-order valence-corrected chi connectivity index (χ3v) is 5.66. The topological polar surface area (TPSA) is 78.8 Å². The number of aliphatic imine (C=N–C) groups is 1.